The predicted octanol–water partition coefficient (Wildman–Crippen LogP) is 5.14. The molecule has 1 unspecified atom stereocenters. The number of thiazole rings is 1. The Morgan fingerprint density at radius 3 is 2.75 bits per heavy atom. The van der Waals surface area contributed by atoms with Gasteiger partial charge < -0.3 is 9.47 Å². The summed E-state index contributed by atoms with van der Waals surface area (Å²) in [6, 6.07) is 14.1. The van der Waals surface area contributed by atoms with Gasteiger partial charge in [0.1, 0.15) is 22.5 Å². The molecular formula is C26H28N4O4S2. The third kappa shape index (κ3) is 4.88. The number of nitrogens with one attached hydrogen (secondary N) is 1. The summed E-state index contributed by atoms with van der Waals surface area (Å²) in [6.07, 6.45) is 3.47. The second-order valence-electron chi connectivity index (χ2n) is 8.91. The summed E-state index contributed by atoms with van der Waals surface area (Å²) >= 11 is 1.30. The number of benzene rings is 2. The molecule has 0 aliphatic carbocycles. The molecule has 1 N–H and O–H groups in total. The molecule has 36 heavy (non-hydrogen) atoms. The molecule has 1 aliphatic heterocycles. The van der Waals surface area contributed by atoms with Crippen molar-refractivity contribution in [2.24, 2.45) is 7.05 Å². The highest BCUT2D eigenvalue weighted by Crippen LogP contribution is 2.38. The van der Waals surface area contributed by atoms with Crippen molar-refractivity contribution in [2.45, 2.75) is 51.2 Å². The Labute approximate surface area is 215 Å². The summed E-state index contributed by atoms with van der Waals surface area (Å²) in [7, 11) is -1.97. The lowest BCUT2D eigenvalue weighted by atomic mass is 9.95. The van der Waals surface area contributed by atoms with E-state index in [1.54, 1.807) is 31.8 Å². The summed E-state index contributed by atoms with van der Waals surface area (Å²) in [5, 5.41) is 4.65. The normalized spacial score (nSPS) is 15.4. The van der Waals surface area contributed by atoms with Crippen LogP contribution in [0.15, 0.2) is 53.6 Å². The van der Waals surface area contributed by atoms with Gasteiger partial charge >= 0.3 is 0 Å². The van der Waals surface area contributed by atoms with Gasteiger partial charge in [0.2, 0.25) is 10.0 Å². The minimum Gasteiger partial charge on any atom is -0.485 e. The lowest BCUT2D eigenvalue weighted by Gasteiger charge is -2.27. The second-order valence-corrected chi connectivity index (χ2v) is 11.7. The van der Waals surface area contributed by atoms with Gasteiger partial charge in [0.25, 0.3) is 5.19 Å². The van der Waals surface area contributed by atoms with Crippen LogP contribution in [0.25, 0.3) is 0 Å². The van der Waals surface area contributed by atoms with Crippen molar-refractivity contribution in [1.29, 1.82) is 0 Å². The SMILES string of the molecule is Cc1ccccc1C1CCc2cc(Oc3ncc(CNS(=O)(=O)c4c(C)nn(C)c4C)s3)ccc2O1. The van der Waals surface area contributed by atoms with Crippen LogP contribution in [-0.2, 0) is 30.0 Å². The summed E-state index contributed by atoms with van der Waals surface area (Å²) in [5.41, 5.74) is 4.62. The molecule has 0 fully saturated rings. The van der Waals surface area contributed by atoms with Gasteiger partial charge in [-0.3, -0.25) is 4.68 Å². The summed E-state index contributed by atoms with van der Waals surface area (Å²) < 4.78 is 42.1. The molecule has 0 saturated carbocycles. The molecule has 2 aromatic heterocycles. The van der Waals surface area contributed by atoms with Crippen molar-refractivity contribution in [3.63, 3.8) is 0 Å². The van der Waals surface area contributed by atoms with Crippen molar-refractivity contribution < 1.29 is 17.9 Å². The minimum absolute atomic E-state index is 0.0509. The predicted molar refractivity (Wildman–Crippen MR) is 138 cm³/mol. The zero-order valence-electron chi connectivity index (χ0n) is 20.6. The fourth-order valence-electron chi connectivity index (χ4n) is 4.50. The molecule has 0 bridgehead atoms. The van der Waals surface area contributed by atoms with Crippen LogP contribution in [0.1, 0.15) is 45.5 Å². The number of fused-ring (bicyclic) bond motifs is 1. The van der Waals surface area contributed by atoms with E-state index in [-0.39, 0.29) is 17.5 Å². The van der Waals surface area contributed by atoms with Crippen LogP contribution in [0, 0.1) is 20.8 Å². The van der Waals surface area contributed by atoms with E-state index in [9.17, 15) is 8.42 Å². The number of aryl methyl sites for hydroxylation is 4. The Morgan fingerprint density at radius 2 is 2.00 bits per heavy atom. The Balaban J connectivity index is 1.23. The highest BCUT2D eigenvalue weighted by molar-refractivity contribution is 7.89. The van der Waals surface area contributed by atoms with Gasteiger partial charge in [-0.1, -0.05) is 35.6 Å². The molecule has 1 aliphatic rings. The Hall–Kier alpha value is -3.21. The molecule has 1 atom stereocenters. The van der Waals surface area contributed by atoms with Crippen LogP contribution in [0.5, 0.6) is 16.7 Å². The van der Waals surface area contributed by atoms with Gasteiger partial charge in [0.05, 0.1) is 11.4 Å². The standard InChI is InChI=1S/C26H28N4O4S2/c1-16-7-5-6-8-22(16)24-11-9-19-13-20(10-12-23(19)34-24)33-26-27-14-21(35-26)15-28-36(31,32)25-17(2)29-30(4)18(25)3/h5-8,10,12-14,24,28H,9,11,15H2,1-4H3. The molecule has 0 radical (unpaired) electrons. The van der Waals surface area contributed by atoms with Gasteiger partial charge in [0.15, 0.2) is 0 Å². The van der Waals surface area contributed by atoms with Crippen LogP contribution >= 0.6 is 11.3 Å². The highest BCUT2D eigenvalue weighted by atomic mass is 32.2. The third-order valence-electron chi connectivity index (χ3n) is 6.40. The van der Waals surface area contributed by atoms with Gasteiger partial charge in [0, 0.05) is 24.7 Å². The Morgan fingerprint density at radius 1 is 1.19 bits per heavy atom. The quantitative estimate of drug-likeness (QED) is 0.360. The van der Waals surface area contributed by atoms with Crippen LogP contribution < -0.4 is 14.2 Å². The summed E-state index contributed by atoms with van der Waals surface area (Å²) in [6.45, 7) is 5.65. The largest absolute Gasteiger partial charge is 0.485 e. The maximum Gasteiger partial charge on any atom is 0.278 e. The summed E-state index contributed by atoms with van der Waals surface area (Å²) in [5.74, 6) is 1.55. The van der Waals surface area contributed by atoms with E-state index >= 15 is 0 Å². The molecule has 5 rings (SSSR count). The first-order valence-corrected chi connectivity index (χ1v) is 14.0. The minimum atomic E-state index is -3.70. The third-order valence-corrected chi connectivity index (χ3v) is 8.93. The molecule has 10 heteroatoms. The Bertz CT molecular complexity index is 1520. The first-order valence-electron chi connectivity index (χ1n) is 11.7. The van der Waals surface area contributed by atoms with E-state index in [4.69, 9.17) is 9.47 Å². The van der Waals surface area contributed by atoms with E-state index in [0.29, 0.717) is 22.3 Å². The molecule has 3 heterocycles. The average Bonchev–Trinajstić information content (AvgIpc) is 3.40. The molecule has 4 aromatic rings. The molecule has 0 amide bonds. The number of hydrogen-bond donors (Lipinski definition) is 1. The second kappa shape index (κ2) is 9.68. The molecule has 8 nitrogen and oxygen atoms in total. The molecule has 188 valence electrons. The number of nitrogens with zero attached hydrogens (tertiary/aromatic N) is 3. The first-order chi connectivity index (χ1) is 17.2. The van der Waals surface area contributed by atoms with Crippen LogP contribution in [0.4, 0.5) is 0 Å². The van der Waals surface area contributed by atoms with Crippen LogP contribution in [0.2, 0.25) is 0 Å². The van der Waals surface area contributed by atoms with E-state index < -0.39 is 10.0 Å². The first kappa shape index (κ1) is 24.5. The summed E-state index contributed by atoms with van der Waals surface area (Å²) in [4.78, 5) is 5.27. The van der Waals surface area contributed by atoms with Crippen LogP contribution in [-0.4, -0.2) is 23.2 Å². The van der Waals surface area contributed by atoms with E-state index in [1.807, 2.05) is 30.3 Å². The fourth-order valence-corrected chi connectivity index (χ4v) is 6.75. The zero-order valence-corrected chi connectivity index (χ0v) is 22.2. The van der Waals surface area contributed by atoms with Crippen LogP contribution in [0.3, 0.4) is 0 Å². The maximum absolute atomic E-state index is 12.8. The van der Waals surface area contributed by atoms with Gasteiger partial charge in [-0.15, -0.1) is 0 Å². The zero-order chi connectivity index (χ0) is 25.4. The van der Waals surface area contributed by atoms with Gasteiger partial charge in [-0.2, -0.15) is 5.10 Å². The number of rotatable bonds is 7. The van der Waals surface area contributed by atoms with Crippen molar-refractivity contribution in [3.8, 4) is 16.7 Å². The number of aromatic nitrogens is 3. The van der Waals surface area contributed by atoms with Gasteiger partial charge in [-0.25, -0.2) is 18.1 Å². The van der Waals surface area contributed by atoms with Crippen molar-refractivity contribution >= 4 is 21.4 Å². The van der Waals surface area contributed by atoms with E-state index in [1.165, 1.54) is 22.5 Å². The van der Waals surface area contributed by atoms with Crippen molar-refractivity contribution in [3.05, 3.63) is 81.6 Å². The van der Waals surface area contributed by atoms with Crippen molar-refractivity contribution in [1.82, 2.24) is 19.5 Å². The monoisotopic (exact) mass is 524 g/mol. The molecule has 0 spiro atoms. The fraction of sp³-hybridized carbons (Fsp3) is 0.308. The van der Waals surface area contributed by atoms with E-state index in [0.717, 1.165) is 29.0 Å². The average molecular weight is 525 g/mol. The molecular weight excluding hydrogens is 496 g/mol. The number of sulfonamides is 1. The van der Waals surface area contributed by atoms with E-state index in [2.05, 4.69) is 33.9 Å². The lowest BCUT2D eigenvalue weighted by molar-refractivity contribution is 0.175. The lowest BCUT2D eigenvalue weighted by Crippen LogP contribution is -2.24. The molecule has 0 saturated heterocycles. The molecule has 2 aromatic carbocycles. The number of ether oxygens (including phenoxy) is 2. The number of hydrogen-bond acceptors (Lipinski definition) is 7. The van der Waals surface area contributed by atoms with Gasteiger partial charge in [-0.05, 0) is 68.5 Å². The Kier molecular flexibility index (Phi) is 6.59. The maximum atomic E-state index is 12.8. The topological polar surface area (TPSA) is 95.3 Å². The highest BCUT2D eigenvalue weighted by Gasteiger charge is 2.25. The van der Waals surface area contributed by atoms with Crippen molar-refractivity contribution in [2.75, 3.05) is 0 Å². The smallest absolute Gasteiger partial charge is 0.278 e.